The van der Waals surface area contributed by atoms with Crippen LogP contribution in [-0.2, 0) is 38.9 Å². The van der Waals surface area contributed by atoms with Gasteiger partial charge in [0, 0.05) is 38.0 Å². The molecule has 0 aliphatic heterocycles. The average Bonchev–Trinajstić information content (AvgIpc) is 2.84. The van der Waals surface area contributed by atoms with Gasteiger partial charge in [-0.25, -0.2) is 0 Å². The molecule has 0 fully saturated rings. The van der Waals surface area contributed by atoms with Crippen LogP contribution in [0.3, 0.4) is 0 Å². The zero-order chi connectivity index (χ0) is 22.8. The zero-order valence-corrected chi connectivity index (χ0v) is 19.8. The smallest absolute Gasteiger partial charge is 0.0601 e. The highest BCUT2D eigenvalue weighted by molar-refractivity contribution is 5.17. The first-order valence-corrected chi connectivity index (χ1v) is 11.5. The van der Waals surface area contributed by atoms with E-state index in [1.54, 1.807) is 0 Å². The van der Waals surface area contributed by atoms with Gasteiger partial charge in [-0.1, -0.05) is 39.0 Å². The van der Waals surface area contributed by atoms with Gasteiger partial charge in [-0.3, -0.25) is 15.0 Å². The topological polar surface area (TPSA) is 45.2 Å². The van der Waals surface area contributed by atoms with Crippen molar-refractivity contribution in [1.82, 2.24) is 24.8 Å². The summed E-state index contributed by atoms with van der Waals surface area (Å²) in [5.74, 6) is 0. The van der Waals surface area contributed by atoms with Crippen LogP contribution in [0.1, 0.15) is 54.5 Å². The Kier molecular flexibility index (Phi) is 8.79. The van der Waals surface area contributed by atoms with Gasteiger partial charge in [-0.2, -0.15) is 0 Å². The number of aryl methyl sites for hydroxylation is 3. The van der Waals surface area contributed by atoms with E-state index < -0.39 is 0 Å². The summed E-state index contributed by atoms with van der Waals surface area (Å²) in [5, 5.41) is 0. The van der Waals surface area contributed by atoms with Crippen molar-refractivity contribution in [3.63, 3.8) is 0 Å². The summed E-state index contributed by atoms with van der Waals surface area (Å²) in [4.78, 5) is 18.3. The van der Waals surface area contributed by atoms with E-state index in [-0.39, 0.29) is 0 Å². The molecule has 0 atom stereocenters. The fraction of sp³-hybridized carbons (Fsp3) is 0.370. The van der Waals surface area contributed by atoms with Crippen LogP contribution < -0.4 is 0 Å². The lowest BCUT2D eigenvalue weighted by atomic mass is 10.2. The number of nitrogens with zero attached hydrogens (tertiary/aromatic N) is 5. The standard InChI is InChI=1S/C27H35N5/c1-5-22-8-11-25(28-16-22)19-31(4)14-15-32(20-26-12-9-23(6-2)17-29-26)21-27-13-10-24(7-3)18-30-27/h8-18H,5-7,19-21H2,1-4H3/b15-14+. The molecule has 0 saturated carbocycles. The van der Waals surface area contributed by atoms with E-state index in [9.17, 15) is 0 Å². The van der Waals surface area contributed by atoms with E-state index in [1.165, 1.54) is 16.7 Å². The monoisotopic (exact) mass is 429 g/mol. The van der Waals surface area contributed by atoms with Crippen molar-refractivity contribution in [1.29, 1.82) is 0 Å². The summed E-state index contributed by atoms with van der Waals surface area (Å²) in [6.07, 6.45) is 13.2. The van der Waals surface area contributed by atoms with Gasteiger partial charge in [0.15, 0.2) is 0 Å². The van der Waals surface area contributed by atoms with Crippen molar-refractivity contribution in [2.24, 2.45) is 0 Å². The molecule has 3 aromatic rings. The first-order valence-electron chi connectivity index (χ1n) is 11.5. The molecule has 0 spiro atoms. The lowest BCUT2D eigenvalue weighted by molar-refractivity contribution is 0.338. The van der Waals surface area contributed by atoms with E-state index in [1.807, 2.05) is 18.6 Å². The third-order valence-corrected chi connectivity index (χ3v) is 5.56. The molecule has 0 bridgehead atoms. The molecular weight excluding hydrogens is 394 g/mol. The van der Waals surface area contributed by atoms with Crippen LogP contribution >= 0.6 is 0 Å². The summed E-state index contributed by atoms with van der Waals surface area (Å²) in [7, 11) is 2.08. The third kappa shape index (κ3) is 7.19. The highest BCUT2D eigenvalue weighted by atomic mass is 15.2. The predicted octanol–water partition coefficient (Wildman–Crippen LogP) is 5.16. The first-order chi connectivity index (χ1) is 15.6. The van der Waals surface area contributed by atoms with Gasteiger partial charge in [0.25, 0.3) is 0 Å². The van der Waals surface area contributed by atoms with Crippen LogP contribution in [-0.4, -0.2) is 31.8 Å². The van der Waals surface area contributed by atoms with Gasteiger partial charge in [0.2, 0.25) is 0 Å². The Morgan fingerprint density at radius 3 is 1.34 bits per heavy atom. The number of pyridine rings is 3. The van der Waals surface area contributed by atoms with Crippen molar-refractivity contribution < 1.29 is 0 Å². The van der Waals surface area contributed by atoms with Gasteiger partial charge in [0.05, 0.1) is 36.7 Å². The van der Waals surface area contributed by atoms with E-state index in [2.05, 4.69) is 101 Å². The first kappa shape index (κ1) is 23.5. The molecule has 5 heteroatoms. The van der Waals surface area contributed by atoms with E-state index >= 15 is 0 Å². The van der Waals surface area contributed by atoms with Crippen molar-refractivity contribution in [2.75, 3.05) is 7.05 Å². The fourth-order valence-electron chi connectivity index (χ4n) is 3.37. The summed E-state index contributed by atoms with van der Waals surface area (Å²) < 4.78 is 0. The van der Waals surface area contributed by atoms with Crippen LogP contribution in [0.2, 0.25) is 0 Å². The highest BCUT2D eigenvalue weighted by Gasteiger charge is 2.07. The molecule has 32 heavy (non-hydrogen) atoms. The maximum absolute atomic E-state index is 4.65. The molecular formula is C27H35N5. The quantitative estimate of drug-likeness (QED) is 0.421. The minimum Gasteiger partial charge on any atom is -0.373 e. The maximum atomic E-state index is 4.65. The van der Waals surface area contributed by atoms with E-state index in [0.717, 1.165) is 56.0 Å². The molecule has 0 radical (unpaired) electrons. The Morgan fingerprint density at radius 1 is 0.594 bits per heavy atom. The molecule has 0 amide bonds. The summed E-state index contributed by atoms with van der Waals surface area (Å²) in [6, 6.07) is 12.8. The maximum Gasteiger partial charge on any atom is 0.0601 e. The SMILES string of the molecule is CCc1ccc(CN(C)/C=C/N(Cc2ccc(CC)cn2)Cc2ccc(CC)cn2)nc1. The third-order valence-electron chi connectivity index (χ3n) is 5.56. The Bertz CT molecular complexity index is 913. The molecule has 0 N–H and O–H groups in total. The lowest BCUT2D eigenvalue weighted by Gasteiger charge is -2.22. The molecule has 0 saturated heterocycles. The van der Waals surface area contributed by atoms with Gasteiger partial charge in [0.1, 0.15) is 0 Å². The average molecular weight is 430 g/mol. The molecule has 0 unspecified atom stereocenters. The van der Waals surface area contributed by atoms with Crippen LogP contribution in [0.4, 0.5) is 0 Å². The van der Waals surface area contributed by atoms with Crippen LogP contribution in [0, 0.1) is 0 Å². The summed E-state index contributed by atoms with van der Waals surface area (Å²) in [5.41, 5.74) is 6.95. The van der Waals surface area contributed by atoms with Gasteiger partial charge < -0.3 is 9.80 Å². The molecule has 0 aliphatic rings. The predicted molar refractivity (Wildman–Crippen MR) is 131 cm³/mol. The van der Waals surface area contributed by atoms with Crippen molar-refractivity contribution in [2.45, 2.75) is 59.7 Å². The Labute approximate surface area is 192 Å². The zero-order valence-electron chi connectivity index (χ0n) is 19.8. The fourth-order valence-corrected chi connectivity index (χ4v) is 3.37. The largest absolute Gasteiger partial charge is 0.373 e. The second kappa shape index (κ2) is 12.0. The molecule has 0 aromatic carbocycles. The van der Waals surface area contributed by atoms with E-state index in [4.69, 9.17) is 0 Å². The molecule has 168 valence electrons. The van der Waals surface area contributed by atoms with Gasteiger partial charge in [-0.15, -0.1) is 0 Å². The van der Waals surface area contributed by atoms with Crippen LogP contribution in [0.15, 0.2) is 67.4 Å². The molecule has 0 aliphatic carbocycles. The lowest BCUT2D eigenvalue weighted by Crippen LogP contribution is -2.20. The van der Waals surface area contributed by atoms with Crippen LogP contribution in [0.25, 0.3) is 0 Å². The molecule has 3 aromatic heterocycles. The van der Waals surface area contributed by atoms with Crippen molar-refractivity contribution in [3.8, 4) is 0 Å². The normalized spacial score (nSPS) is 11.1. The summed E-state index contributed by atoms with van der Waals surface area (Å²) in [6.45, 7) is 8.68. The molecule has 3 rings (SSSR count). The Morgan fingerprint density at radius 2 is 1.00 bits per heavy atom. The number of hydrogen-bond donors (Lipinski definition) is 0. The number of aromatic nitrogens is 3. The second-order valence-corrected chi connectivity index (χ2v) is 8.15. The number of rotatable bonds is 11. The Balaban J connectivity index is 1.70. The van der Waals surface area contributed by atoms with Crippen molar-refractivity contribution >= 4 is 0 Å². The Hall–Kier alpha value is -3.21. The molecule has 5 nitrogen and oxygen atoms in total. The van der Waals surface area contributed by atoms with E-state index in [0.29, 0.717) is 0 Å². The number of hydrogen-bond acceptors (Lipinski definition) is 5. The second-order valence-electron chi connectivity index (χ2n) is 8.15. The minimum atomic E-state index is 0.731. The van der Waals surface area contributed by atoms with Crippen molar-refractivity contribution in [3.05, 3.63) is 101 Å². The van der Waals surface area contributed by atoms with Gasteiger partial charge >= 0.3 is 0 Å². The minimum absolute atomic E-state index is 0.731. The molecule has 3 heterocycles. The highest BCUT2D eigenvalue weighted by Crippen LogP contribution is 2.11. The van der Waals surface area contributed by atoms with Gasteiger partial charge in [-0.05, 0) is 54.2 Å². The summed E-state index contributed by atoms with van der Waals surface area (Å²) >= 11 is 0. The van der Waals surface area contributed by atoms with Crippen LogP contribution in [0.5, 0.6) is 0 Å².